The van der Waals surface area contributed by atoms with E-state index in [1.165, 1.54) is 18.2 Å². The lowest BCUT2D eigenvalue weighted by atomic mass is 9.84. The second-order valence-corrected chi connectivity index (χ2v) is 7.15. The molecular formula is C21H17ClFNO5. The van der Waals surface area contributed by atoms with Crippen LogP contribution in [0.4, 0.5) is 4.39 Å². The average molecular weight is 418 g/mol. The molecule has 0 saturated carbocycles. The van der Waals surface area contributed by atoms with Crippen molar-refractivity contribution < 1.29 is 28.2 Å². The quantitative estimate of drug-likeness (QED) is 0.765. The van der Waals surface area contributed by atoms with Gasteiger partial charge in [0, 0.05) is 28.6 Å². The number of nitrogens with one attached hydrogen (secondary N) is 1. The fraction of sp³-hybridized carbons (Fsp3) is 0.238. The Morgan fingerprint density at radius 2 is 2.07 bits per heavy atom. The van der Waals surface area contributed by atoms with Crippen molar-refractivity contribution in [3.05, 3.63) is 69.6 Å². The molecule has 4 rings (SSSR count). The number of ether oxygens (including phenoxy) is 3. The molecule has 8 heteroatoms. The van der Waals surface area contributed by atoms with E-state index >= 15 is 0 Å². The Labute approximate surface area is 171 Å². The summed E-state index contributed by atoms with van der Waals surface area (Å²) in [6.07, 6.45) is -0.105. The topological polar surface area (TPSA) is 73.9 Å². The third kappa shape index (κ3) is 3.78. The van der Waals surface area contributed by atoms with Gasteiger partial charge in [0.2, 0.25) is 12.7 Å². The summed E-state index contributed by atoms with van der Waals surface area (Å²) in [6.45, 7) is 1.71. The Hall–Kier alpha value is -3.06. The highest BCUT2D eigenvalue weighted by Gasteiger charge is 2.35. The van der Waals surface area contributed by atoms with Gasteiger partial charge in [0.15, 0.2) is 11.5 Å². The molecule has 6 nitrogen and oxygen atoms in total. The van der Waals surface area contributed by atoms with E-state index in [9.17, 15) is 14.0 Å². The fourth-order valence-electron chi connectivity index (χ4n) is 3.52. The van der Waals surface area contributed by atoms with E-state index in [-0.39, 0.29) is 41.9 Å². The molecule has 1 unspecified atom stereocenters. The minimum absolute atomic E-state index is 0.0159. The van der Waals surface area contributed by atoms with Gasteiger partial charge in [0.25, 0.3) is 0 Å². The molecule has 2 aliphatic rings. The van der Waals surface area contributed by atoms with Crippen LogP contribution in [0.15, 0.2) is 47.7 Å². The third-order valence-electron chi connectivity index (χ3n) is 4.84. The zero-order valence-electron chi connectivity index (χ0n) is 15.5. The highest BCUT2D eigenvalue weighted by molar-refractivity contribution is 6.31. The summed E-state index contributed by atoms with van der Waals surface area (Å²) in [5.74, 6) is -1.17. The minimum Gasteiger partial charge on any atom is -0.457 e. The Balaban J connectivity index is 1.59. The standard InChI is InChI=1S/C21H17ClFNO5/c1-11-19(13(8-18(25)24-11)20-14(22)3-2-4-15(20)23)21(26)27-9-12-5-6-16-17(7-12)29-10-28-16/h2-7,13H,8-10H2,1H3,(H,24,25). The van der Waals surface area contributed by atoms with Gasteiger partial charge in [-0.3, -0.25) is 4.79 Å². The van der Waals surface area contributed by atoms with Gasteiger partial charge in [-0.2, -0.15) is 0 Å². The van der Waals surface area contributed by atoms with Crippen LogP contribution in [0.25, 0.3) is 0 Å². The van der Waals surface area contributed by atoms with Crippen molar-refractivity contribution in [2.45, 2.75) is 25.9 Å². The summed E-state index contributed by atoms with van der Waals surface area (Å²) in [5, 5.41) is 2.77. The first kappa shape index (κ1) is 19.3. The van der Waals surface area contributed by atoms with Gasteiger partial charge >= 0.3 is 5.97 Å². The Kier molecular flexibility index (Phi) is 5.15. The van der Waals surface area contributed by atoms with Crippen LogP contribution in [0, 0.1) is 5.82 Å². The van der Waals surface area contributed by atoms with Gasteiger partial charge in [0.1, 0.15) is 12.4 Å². The smallest absolute Gasteiger partial charge is 0.336 e. The molecule has 2 aromatic rings. The van der Waals surface area contributed by atoms with Crippen LogP contribution in [-0.4, -0.2) is 18.7 Å². The van der Waals surface area contributed by atoms with E-state index in [0.29, 0.717) is 22.8 Å². The number of benzene rings is 2. The fourth-order valence-corrected chi connectivity index (χ4v) is 3.81. The number of allylic oxidation sites excluding steroid dienone is 1. The number of esters is 1. The van der Waals surface area contributed by atoms with Crippen molar-refractivity contribution in [2.75, 3.05) is 6.79 Å². The largest absolute Gasteiger partial charge is 0.457 e. The number of halogens is 2. The first-order valence-electron chi connectivity index (χ1n) is 8.94. The van der Waals surface area contributed by atoms with Gasteiger partial charge in [-0.05, 0) is 36.8 Å². The van der Waals surface area contributed by atoms with Gasteiger partial charge in [-0.1, -0.05) is 23.7 Å². The van der Waals surface area contributed by atoms with Crippen LogP contribution in [0.3, 0.4) is 0 Å². The number of rotatable bonds is 4. The van der Waals surface area contributed by atoms with Gasteiger partial charge in [-0.25, -0.2) is 9.18 Å². The summed E-state index contributed by atoms with van der Waals surface area (Å²) < 4.78 is 30.5. The van der Waals surface area contributed by atoms with Crippen molar-refractivity contribution in [2.24, 2.45) is 0 Å². The summed E-state index contributed by atoms with van der Waals surface area (Å²) in [7, 11) is 0. The predicted octanol–water partition coefficient (Wildman–Crippen LogP) is 3.83. The molecule has 0 bridgehead atoms. The Morgan fingerprint density at radius 1 is 1.28 bits per heavy atom. The van der Waals surface area contributed by atoms with Crippen LogP contribution in [0.1, 0.15) is 30.4 Å². The number of amides is 1. The average Bonchev–Trinajstić information content (AvgIpc) is 3.13. The van der Waals surface area contributed by atoms with Crippen molar-refractivity contribution in [3.8, 4) is 11.5 Å². The van der Waals surface area contributed by atoms with Crippen LogP contribution in [0.2, 0.25) is 5.02 Å². The molecule has 150 valence electrons. The zero-order chi connectivity index (χ0) is 20.5. The lowest BCUT2D eigenvalue weighted by molar-refractivity contribution is -0.141. The van der Waals surface area contributed by atoms with Crippen molar-refractivity contribution in [1.29, 1.82) is 0 Å². The third-order valence-corrected chi connectivity index (χ3v) is 5.17. The van der Waals surface area contributed by atoms with Crippen molar-refractivity contribution >= 4 is 23.5 Å². The minimum atomic E-state index is -0.832. The Bertz CT molecular complexity index is 1020. The summed E-state index contributed by atoms with van der Waals surface area (Å²) >= 11 is 6.18. The normalized spacial score (nSPS) is 17.9. The summed E-state index contributed by atoms with van der Waals surface area (Å²) in [5.41, 5.74) is 1.32. The SMILES string of the molecule is CC1=C(C(=O)OCc2ccc3c(c2)OCO3)C(c2c(F)cccc2Cl)CC(=O)N1. The monoisotopic (exact) mass is 417 g/mol. The first-order chi connectivity index (χ1) is 13.9. The van der Waals surface area contributed by atoms with E-state index < -0.39 is 17.7 Å². The number of carbonyl (C=O) groups is 2. The maximum absolute atomic E-state index is 14.5. The second-order valence-electron chi connectivity index (χ2n) is 6.74. The van der Waals surface area contributed by atoms with E-state index in [1.807, 2.05) is 0 Å². The number of fused-ring (bicyclic) bond motifs is 1. The van der Waals surface area contributed by atoms with E-state index in [1.54, 1.807) is 25.1 Å². The molecule has 29 heavy (non-hydrogen) atoms. The Morgan fingerprint density at radius 3 is 2.86 bits per heavy atom. The number of hydrogen-bond acceptors (Lipinski definition) is 5. The number of hydrogen-bond donors (Lipinski definition) is 1. The highest BCUT2D eigenvalue weighted by atomic mass is 35.5. The lowest BCUT2D eigenvalue weighted by Gasteiger charge is -2.27. The molecule has 0 aromatic heterocycles. The van der Waals surface area contributed by atoms with Crippen LogP contribution in [-0.2, 0) is 20.9 Å². The molecule has 0 spiro atoms. The van der Waals surface area contributed by atoms with Crippen molar-refractivity contribution in [1.82, 2.24) is 5.32 Å². The molecule has 1 amide bonds. The molecular weight excluding hydrogens is 401 g/mol. The molecule has 0 saturated heterocycles. The van der Waals surface area contributed by atoms with E-state index in [2.05, 4.69) is 5.32 Å². The molecule has 0 aliphatic carbocycles. The summed E-state index contributed by atoms with van der Waals surface area (Å²) in [4.78, 5) is 24.9. The molecule has 2 aromatic carbocycles. The van der Waals surface area contributed by atoms with Gasteiger partial charge in [0.05, 0.1) is 5.57 Å². The van der Waals surface area contributed by atoms with Gasteiger partial charge in [-0.15, -0.1) is 0 Å². The zero-order valence-corrected chi connectivity index (χ0v) is 16.2. The lowest BCUT2D eigenvalue weighted by Crippen LogP contribution is -2.34. The maximum atomic E-state index is 14.5. The first-order valence-corrected chi connectivity index (χ1v) is 9.32. The molecule has 2 heterocycles. The van der Waals surface area contributed by atoms with Crippen LogP contribution >= 0.6 is 11.6 Å². The second kappa shape index (κ2) is 7.75. The van der Waals surface area contributed by atoms with E-state index in [0.717, 1.165) is 0 Å². The maximum Gasteiger partial charge on any atom is 0.336 e. The van der Waals surface area contributed by atoms with E-state index in [4.69, 9.17) is 25.8 Å². The molecule has 1 atom stereocenters. The molecule has 2 aliphatic heterocycles. The molecule has 0 radical (unpaired) electrons. The predicted molar refractivity (Wildman–Crippen MR) is 102 cm³/mol. The molecule has 0 fully saturated rings. The highest BCUT2D eigenvalue weighted by Crippen LogP contribution is 2.39. The van der Waals surface area contributed by atoms with Crippen molar-refractivity contribution in [3.63, 3.8) is 0 Å². The summed E-state index contributed by atoms with van der Waals surface area (Å²) in [6, 6.07) is 9.47. The number of carbonyl (C=O) groups excluding carboxylic acids is 2. The van der Waals surface area contributed by atoms with Gasteiger partial charge < -0.3 is 19.5 Å². The molecule has 1 N–H and O–H groups in total. The van der Waals surface area contributed by atoms with Crippen LogP contribution < -0.4 is 14.8 Å². The van der Waals surface area contributed by atoms with Crippen LogP contribution in [0.5, 0.6) is 11.5 Å².